The highest BCUT2D eigenvalue weighted by atomic mass is 13.9. The summed E-state index contributed by atoms with van der Waals surface area (Å²) >= 11 is 0. The topological polar surface area (TPSA) is 0 Å². The summed E-state index contributed by atoms with van der Waals surface area (Å²) in [4.78, 5) is 0. The zero-order chi connectivity index (χ0) is 14.0. The van der Waals surface area contributed by atoms with E-state index in [4.69, 9.17) is 0 Å². The highest BCUT2D eigenvalue weighted by Gasteiger charge is 1.83. The van der Waals surface area contributed by atoms with E-state index in [1.54, 1.807) is 0 Å². The van der Waals surface area contributed by atoms with Gasteiger partial charge in [0, 0.05) is 0 Å². The summed E-state index contributed by atoms with van der Waals surface area (Å²) < 4.78 is 0. The van der Waals surface area contributed by atoms with Gasteiger partial charge in [0.1, 0.15) is 0 Å². The van der Waals surface area contributed by atoms with E-state index >= 15 is 0 Å². The highest BCUT2D eigenvalue weighted by molar-refractivity contribution is 4.97. The number of allylic oxidation sites excluding steroid dienone is 6. The van der Waals surface area contributed by atoms with E-state index in [0.717, 1.165) is 19.3 Å². The molecule has 19 heavy (non-hydrogen) atoms. The number of unbranched alkanes of at least 4 members (excludes halogenated alkanes) is 7. The van der Waals surface area contributed by atoms with Gasteiger partial charge in [0.05, 0.1) is 0 Å². The predicted molar refractivity (Wildman–Crippen MR) is 89.2 cm³/mol. The van der Waals surface area contributed by atoms with Crippen molar-refractivity contribution in [3.05, 3.63) is 43.4 Å². The normalized spacial score (nSPS) is 12.3. The molecule has 0 heterocycles. The fourth-order valence-corrected chi connectivity index (χ4v) is 1.91. The van der Waals surface area contributed by atoms with Crippen LogP contribution in [0.15, 0.2) is 36.5 Å². The molecule has 0 aromatic rings. The summed E-state index contributed by atoms with van der Waals surface area (Å²) in [5.41, 5.74) is 0. The van der Waals surface area contributed by atoms with Gasteiger partial charge in [-0.1, -0.05) is 82.4 Å². The molecule has 0 nitrogen and oxygen atoms in total. The summed E-state index contributed by atoms with van der Waals surface area (Å²) in [5, 5.41) is 0. The van der Waals surface area contributed by atoms with Gasteiger partial charge in [-0.15, -0.1) is 0 Å². The van der Waals surface area contributed by atoms with Crippen LogP contribution in [0, 0.1) is 6.92 Å². The second-order valence-electron chi connectivity index (χ2n) is 5.08. The van der Waals surface area contributed by atoms with Gasteiger partial charge in [0.2, 0.25) is 0 Å². The predicted octanol–water partition coefficient (Wildman–Crippen LogP) is 6.80. The molecule has 0 aromatic carbocycles. The summed E-state index contributed by atoms with van der Waals surface area (Å²) in [5.74, 6) is 0. The van der Waals surface area contributed by atoms with E-state index in [1.807, 2.05) is 0 Å². The molecule has 0 N–H and O–H groups in total. The average molecular weight is 261 g/mol. The first-order chi connectivity index (χ1) is 9.41. The third-order valence-electron chi connectivity index (χ3n) is 3.14. The highest BCUT2D eigenvalue weighted by Crippen LogP contribution is 2.03. The molecule has 0 saturated carbocycles. The second-order valence-corrected chi connectivity index (χ2v) is 5.08. The van der Waals surface area contributed by atoms with Crippen LogP contribution in [0.1, 0.15) is 77.6 Å². The van der Waals surface area contributed by atoms with Gasteiger partial charge in [-0.2, -0.15) is 0 Å². The first-order valence-electron chi connectivity index (χ1n) is 8.16. The molecule has 0 heteroatoms. The Morgan fingerprint density at radius 3 is 1.68 bits per heavy atom. The van der Waals surface area contributed by atoms with E-state index in [1.165, 1.54) is 51.4 Å². The van der Waals surface area contributed by atoms with Crippen molar-refractivity contribution in [1.29, 1.82) is 0 Å². The Kier molecular flexibility index (Phi) is 16.5. The van der Waals surface area contributed by atoms with Gasteiger partial charge in [-0.25, -0.2) is 0 Å². The molecule has 0 spiro atoms. The fraction of sp³-hybridized carbons (Fsp3) is 0.632. The Hall–Kier alpha value is -0.780. The first kappa shape index (κ1) is 18.2. The van der Waals surface area contributed by atoms with Crippen molar-refractivity contribution in [3.8, 4) is 0 Å². The van der Waals surface area contributed by atoms with Gasteiger partial charge in [0.15, 0.2) is 0 Å². The molecule has 0 aliphatic carbocycles. The number of hydrogen-bond acceptors (Lipinski definition) is 0. The summed E-state index contributed by atoms with van der Waals surface area (Å²) in [7, 11) is 0. The molecule has 0 atom stereocenters. The summed E-state index contributed by atoms with van der Waals surface area (Å²) in [6, 6.07) is 0. The van der Waals surface area contributed by atoms with Crippen molar-refractivity contribution in [2.75, 3.05) is 0 Å². The Labute approximate surface area is 121 Å². The van der Waals surface area contributed by atoms with Crippen molar-refractivity contribution in [2.24, 2.45) is 0 Å². The van der Waals surface area contributed by atoms with Crippen LogP contribution in [0.5, 0.6) is 0 Å². The van der Waals surface area contributed by atoms with Crippen molar-refractivity contribution < 1.29 is 0 Å². The third kappa shape index (κ3) is 17.2. The van der Waals surface area contributed by atoms with Crippen LogP contribution in [0.25, 0.3) is 0 Å². The van der Waals surface area contributed by atoms with Crippen LogP contribution in [-0.4, -0.2) is 0 Å². The second kappa shape index (κ2) is 17.2. The standard InChI is InChI=1S/C19H33/c1-3-5-7-9-11-13-15-17-19-18-16-14-12-10-8-6-4-2/h12-15,18-19H,1,3-11,16-17H2,2H3/b14-12+,15-13+,19-18+. The van der Waals surface area contributed by atoms with Crippen molar-refractivity contribution in [3.63, 3.8) is 0 Å². The lowest BCUT2D eigenvalue weighted by Crippen LogP contribution is -1.73. The minimum Gasteiger partial charge on any atom is -0.0882 e. The van der Waals surface area contributed by atoms with Gasteiger partial charge >= 0.3 is 0 Å². The van der Waals surface area contributed by atoms with Crippen LogP contribution in [-0.2, 0) is 0 Å². The molecule has 0 bridgehead atoms. The van der Waals surface area contributed by atoms with Gasteiger partial charge < -0.3 is 0 Å². The molecule has 0 unspecified atom stereocenters. The average Bonchev–Trinajstić information content (AvgIpc) is 2.43. The Balaban J connectivity index is 3.26. The molecular formula is C19H33. The van der Waals surface area contributed by atoms with Gasteiger partial charge in [-0.05, 0) is 38.5 Å². The molecule has 0 fully saturated rings. The molecule has 0 aliphatic rings. The lowest BCUT2D eigenvalue weighted by atomic mass is 10.1. The maximum absolute atomic E-state index is 3.86. The smallest absolute Gasteiger partial charge is 0.0169 e. The van der Waals surface area contributed by atoms with E-state index in [0.29, 0.717) is 0 Å². The van der Waals surface area contributed by atoms with E-state index in [9.17, 15) is 0 Å². The fourth-order valence-electron chi connectivity index (χ4n) is 1.91. The first-order valence-corrected chi connectivity index (χ1v) is 8.16. The van der Waals surface area contributed by atoms with Crippen LogP contribution in [0.3, 0.4) is 0 Å². The maximum Gasteiger partial charge on any atom is -0.0169 e. The monoisotopic (exact) mass is 261 g/mol. The van der Waals surface area contributed by atoms with Gasteiger partial charge in [-0.3, -0.25) is 0 Å². The van der Waals surface area contributed by atoms with Crippen molar-refractivity contribution >= 4 is 0 Å². The minimum absolute atomic E-state index is 1.08. The number of rotatable bonds is 13. The van der Waals surface area contributed by atoms with E-state index < -0.39 is 0 Å². The van der Waals surface area contributed by atoms with Crippen LogP contribution in [0.2, 0.25) is 0 Å². The minimum atomic E-state index is 1.08. The molecule has 0 saturated heterocycles. The molecule has 1 radical (unpaired) electrons. The molecular weight excluding hydrogens is 228 g/mol. The SMILES string of the molecule is [CH2]CCCCC/C=C/C/C=C/C/C=C/CCCCC. The lowest BCUT2D eigenvalue weighted by molar-refractivity contribution is 0.694. The molecule has 0 aromatic heterocycles. The van der Waals surface area contributed by atoms with Crippen LogP contribution >= 0.6 is 0 Å². The maximum atomic E-state index is 3.86. The third-order valence-corrected chi connectivity index (χ3v) is 3.14. The van der Waals surface area contributed by atoms with Crippen LogP contribution < -0.4 is 0 Å². The molecule has 0 aliphatic heterocycles. The summed E-state index contributed by atoms with van der Waals surface area (Å²) in [6.07, 6.45) is 27.4. The molecule has 0 rings (SSSR count). The lowest BCUT2D eigenvalue weighted by Gasteiger charge is -1.93. The van der Waals surface area contributed by atoms with E-state index in [2.05, 4.69) is 50.3 Å². The zero-order valence-corrected chi connectivity index (χ0v) is 12.9. The molecule has 109 valence electrons. The van der Waals surface area contributed by atoms with E-state index in [-0.39, 0.29) is 0 Å². The quantitative estimate of drug-likeness (QED) is 0.252. The van der Waals surface area contributed by atoms with Crippen molar-refractivity contribution in [1.82, 2.24) is 0 Å². The van der Waals surface area contributed by atoms with Crippen molar-refractivity contribution in [2.45, 2.75) is 77.6 Å². The summed E-state index contributed by atoms with van der Waals surface area (Å²) in [6.45, 7) is 6.11. The Bertz CT molecular complexity index is 232. The Morgan fingerprint density at radius 1 is 0.632 bits per heavy atom. The van der Waals surface area contributed by atoms with Gasteiger partial charge in [0.25, 0.3) is 0 Å². The van der Waals surface area contributed by atoms with Crippen LogP contribution in [0.4, 0.5) is 0 Å². The number of hydrogen-bond donors (Lipinski definition) is 0. The largest absolute Gasteiger partial charge is 0.0882 e. The Morgan fingerprint density at radius 2 is 1.16 bits per heavy atom. The zero-order valence-electron chi connectivity index (χ0n) is 12.9. The molecule has 0 amide bonds.